The van der Waals surface area contributed by atoms with Gasteiger partial charge in [-0.05, 0) is 26.3 Å². The first-order valence-electron chi connectivity index (χ1n) is 7.13. The van der Waals surface area contributed by atoms with Gasteiger partial charge in [0.05, 0.1) is 13.2 Å². The van der Waals surface area contributed by atoms with Gasteiger partial charge in [0.1, 0.15) is 17.5 Å². The van der Waals surface area contributed by atoms with E-state index in [1.165, 1.54) is 6.92 Å². The average Bonchev–Trinajstić information content (AvgIpc) is 2.73. The number of hydrogen-bond donors (Lipinski definition) is 1. The quantitative estimate of drug-likeness (QED) is 0.803. The fraction of sp³-hybridized carbons (Fsp3) is 0.600. The summed E-state index contributed by atoms with van der Waals surface area (Å²) >= 11 is 0. The lowest BCUT2D eigenvalue weighted by Crippen LogP contribution is -2.40. The van der Waals surface area contributed by atoms with Crippen molar-refractivity contribution in [2.45, 2.75) is 50.6 Å². The topological polar surface area (TPSA) is 82.1 Å². The van der Waals surface area contributed by atoms with E-state index in [2.05, 4.69) is 0 Å². The lowest BCUT2D eigenvalue weighted by molar-refractivity contribution is -0.151. The Labute approximate surface area is 131 Å². The second-order valence-corrected chi connectivity index (χ2v) is 7.63. The van der Waals surface area contributed by atoms with E-state index in [1.54, 1.807) is 13.8 Å². The first kappa shape index (κ1) is 17.4. The van der Waals surface area contributed by atoms with E-state index in [1.807, 2.05) is 30.3 Å². The maximum atomic E-state index is 11.3. The monoisotopic (exact) mass is 330 g/mol. The van der Waals surface area contributed by atoms with Crippen molar-refractivity contribution in [1.82, 2.24) is 0 Å². The van der Waals surface area contributed by atoms with E-state index >= 15 is 0 Å². The van der Waals surface area contributed by atoms with Gasteiger partial charge in [0.25, 0.3) is 10.1 Å². The van der Waals surface area contributed by atoms with Gasteiger partial charge in [-0.2, -0.15) is 8.42 Å². The number of benzene rings is 1. The largest absolute Gasteiger partial charge is 0.374 e. The van der Waals surface area contributed by atoms with Crippen LogP contribution in [0.5, 0.6) is 0 Å². The van der Waals surface area contributed by atoms with Crippen LogP contribution in [0.4, 0.5) is 0 Å². The second-order valence-electron chi connectivity index (χ2n) is 5.86. The molecule has 7 heteroatoms. The minimum absolute atomic E-state index is 0.183. The van der Waals surface area contributed by atoms with Gasteiger partial charge >= 0.3 is 0 Å². The maximum Gasteiger partial charge on any atom is 0.270 e. The number of hydrogen-bond acceptors (Lipinski definition) is 5. The Bertz CT molecular complexity index is 583. The molecule has 0 aliphatic carbocycles. The average molecular weight is 330 g/mol. The maximum absolute atomic E-state index is 11.3. The third-order valence-electron chi connectivity index (χ3n) is 3.55. The minimum atomic E-state index is -4.21. The standard InChI is InChI=1S/C15H22O6S/c1-11(22(16,17)18)14-13(20-15(2,3)21-14)10-19-9-12-7-5-4-6-8-12/h4-8,11,13-14H,9-10H2,1-3H3,(H,16,17,18)/t11?,13-,14+/m0/s1. The molecule has 1 unspecified atom stereocenters. The zero-order valence-electron chi connectivity index (χ0n) is 12.9. The second kappa shape index (κ2) is 6.64. The van der Waals surface area contributed by atoms with Gasteiger partial charge in [-0.25, -0.2) is 0 Å². The summed E-state index contributed by atoms with van der Waals surface area (Å²) in [6.07, 6.45) is -1.34. The third-order valence-corrected chi connectivity index (χ3v) is 4.76. The predicted molar refractivity (Wildman–Crippen MR) is 80.9 cm³/mol. The lowest BCUT2D eigenvalue weighted by atomic mass is 10.1. The van der Waals surface area contributed by atoms with E-state index in [0.717, 1.165) is 5.56 Å². The highest BCUT2D eigenvalue weighted by atomic mass is 32.2. The van der Waals surface area contributed by atoms with Crippen molar-refractivity contribution in [3.63, 3.8) is 0 Å². The van der Waals surface area contributed by atoms with Gasteiger partial charge in [-0.3, -0.25) is 4.55 Å². The van der Waals surface area contributed by atoms with E-state index in [0.29, 0.717) is 6.61 Å². The fourth-order valence-electron chi connectivity index (χ4n) is 2.43. The summed E-state index contributed by atoms with van der Waals surface area (Å²) in [6.45, 7) is 5.38. The van der Waals surface area contributed by atoms with Crippen LogP contribution in [0.1, 0.15) is 26.3 Å². The Hall–Kier alpha value is -0.990. The highest BCUT2D eigenvalue weighted by molar-refractivity contribution is 7.86. The van der Waals surface area contributed by atoms with Crippen LogP contribution in [0, 0.1) is 0 Å². The highest BCUT2D eigenvalue weighted by Crippen LogP contribution is 2.32. The molecule has 0 bridgehead atoms. The van der Waals surface area contributed by atoms with Crippen molar-refractivity contribution >= 4 is 10.1 Å². The molecule has 22 heavy (non-hydrogen) atoms. The van der Waals surface area contributed by atoms with Crippen molar-refractivity contribution in [3.8, 4) is 0 Å². The molecule has 1 aromatic rings. The summed E-state index contributed by atoms with van der Waals surface area (Å²) in [7, 11) is -4.21. The Morgan fingerprint density at radius 1 is 1.27 bits per heavy atom. The molecule has 0 saturated carbocycles. The Morgan fingerprint density at radius 2 is 1.91 bits per heavy atom. The van der Waals surface area contributed by atoms with Crippen LogP contribution in [0.25, 0.3) is 0 Å². The van der Waals surface area contributed by atoms with E-state index in [9.17, 15) is 13.0 Å². The Balaban J connectivity index is 1.98. The predicted octanol–water partition coefficient (Wildman–Crippen LogP) is 2.00. The van der Waals surface area contributed by atoms with Crippen LogP contribution in [0.2, 0.25) is 0 Å². The minimum Gasteiger partial charge on any atom is -0.374 e. The normalized spacial score (nSPS) is 26.0. The van der Waals surface area contributed by atoms with Gasteiger partial charge in [-0.1, -0.05) is 30.3 Å². The molecule has 1 aliphatic rings. The highest BCUT2D eigenvalue weighted by Gasteiger charge is 2.47. The van der Waals surface area contributed by atoms with E-state index in [-0.39, 0.29) is 6.61 Å². The summed E-state index contributed by atoms with van der Waals surface area (Å²) < 4.78 is 48.8. The number of ether oxygens (including phenoxy) is 3. The molecular weight excluding hydrogens is 308 g/mol. The van der Waals surface area contributed by atoms with Crippen LogP contribution < -0.4 is 0 Å². The Morgan fingerprint density at radius 3 is 2.50 bits per heavy atom. The van der Waals surface area contributed by atoms with Gasteiger partial charge in [0, 0.05) is 0 Å². The molecule has 1 aromatic carbocycles. The molecule has 2 rings (SSSR count). The van der Waals surface area contributed by atoms with Gasteiger partial charge in [0.2, 0.25) is 0 Å². The van der Waals surface area contributed by atoms with Crippen LogP contribution >= 0.6 is 0 Å². The molecule has 1 fully saturated rings. The molecule has 1 aliphatic heterocycles. The SMILES string of the molecule is CC([C@H]1OC(C)(C)O[C@H]1COCc1ccccc1)S(=O)(=O)O. The van der Waals surface area contributed by atoms with E-state index in [4.69, 9.17) is 14.2 Å². The summed E-state index contributed by atoms with van der Waals surface area (Å²) in [5.41, 5.74) is 1.01. The van der Waals surface area contributed by atoms with Gasteiger partial charge in [0.15, 0.2) is 5.79 Å². The zero-order chi connectivity index (χ0) is 16.4. The van der Waals surface area contributed by atoms with Crippen molar-refractivity contribution < 1.29 is 27.2 Å². The summed E-state index contributed by atoms with van der Waals surface area (Å²) in [6, 6.07) is 9.63. The zero-order valence-corrected chi connectivity index (χ0v) is 13.7. The molecule has 6 nitrogen and oxygen atoms in total. The van der Waals surface area contributed by atoms with Gasteiger partial charge in [-0.15, -0.1) is 0 Å². The van der Waals surface area contributed by atoms with Crippen molar-refractivity contribution in [2.24, 2.45) is 0 Å². The fourth-order valence-corrected chi connectivity index (χ4v) is 3.00. The third kappa shape index (κ3) is 4.50. The molecular formula is C15H22O6S. The molecule has 0 aromatic heterocycles. The van der Waals surface area contributed by atoms with Crippen LogP contribution in [0.15, 0.2) is 30.3 Å². The van der Waals surface area contributed by atoms with Crippen molar-refractivity contribution in [2.75, 3.05) is 6.61 Å². The van der Waals surface area contributed by atoms with Crippen LogP contribution in [-0.4, -0.2) is 42.8 Å². The van der Waals surface area contributed by atoms with Crippen LogP contribution in [0.3, 0.4) is 0 Å². The molecule has 0 amide bonds. The number of rotatable bonds is 6. The van der Waals surface area contributed by atoms with Crippen molar-refractivity contribution in [1.29, 1.82) is 0 Å². The summed E-state index contributed by atoms with van der Waals surface area (Å²) in [5, 5.41) is -1.08. The van der Waals surface area contributed by atoms with Crippen LogP contribution in [-0.2, 0) is 30.9 Å². The molecule has 0 radical (unpaired) electrons. The lowest BCUT2D eigenvalue weighted by Gasteiger charge is -2.21. The molecule has 1 saturated heterocycles. The summed E-state index contributed by atoms with van der Waals surface area (Å²) in [4.78, 5) is 0. The molecule has 124 valence electrons. The molecule has 0 spiro atoms. The molecule has 1 N–H and O–H groups in total. The first-order chi connectivity index (χ1) is 10.2. The van der Waals surface area contributed by atoms with E-state index < -0.39 is 33.4 Å². The molecule has 3 atom stereocenters. The van der Waals surface area contributed by atoms with Gasteiger partial charge < -0.3 is 14.2 Å². The smallest absolute Gasteiger partial charge is 0.270 e. The molecule has 1 heterocycles. The first-order valence-corrected chi connectivity index (χ1v) is 8.63. The summed E-state index contributed by atoms with van der Waals surface area (Å²) in [5.74, 6) is -0.912. The van der Waals surface area contributed by atoms with Crippen molar-refractivity contribution in [3.05, 3.63) is 35.9 Å². The Kier molecular flexibility index (Phi) is 5.24.